The number of halogens is 2. The Morgan fingerprint density at radius 1 is 1.03 bits per heavy atom. The number of nitrogens with one attached hydrogen (secondary N) is 2. The zero-order chi connectivity index (χ0) is 25.8. The molecular weight excluding hydrogens is 485 g/mol. The molecule has 3 aromatic rings. The van der Waals surface area contributed by atoms with E-state index in [0.717, 1.165) is 16.9 Å². The molecule has 0 bridgehead atoms. The summed E-state index contributed by atoms with van der Waals surface area (Å²) in [7, 11) is 0. The highest BCUT2D eigenvalue weighted by Gasteiger charge is 2.23. The van der Waals surface area contributed by atoms with Gasteiger partial charge >= 0.3 is 6.03 Å². The minimum atomic E-state index is -0.423. The molecule has 1 heterocycles. The number of hydrogen-bond acceptors (Lipinski definition) is 3. The van der Waals surface area contributed by atoms with Crippen molar-refractivity contribution in [2.75, 3.05) is 23.7 Å². The molecule has 186 valence electrons. The molecule has 0 fully saturated rings. The minimum Gasteiger partial charge on any atom is -0.315 e. The number of aryl methyl sites for hydroxylation is 1. The number of amides is 3. The first-order valence-electron chi connectivity index (χ1n) is 11.5. The summed E-state index contributed by atoms with van der Waals surface area (Å²) in [6.07, 6.45) is 0.685. The highest BCUT2D eigenvalue weighted by Crippen LogP contribution is 2.27. The molecular formula is C26H31Cl2N5O2. The van der Waals surface area contributed by atoms with E-state index in [-0.39, 0.29) is 17.9 Å². The molecule has 7 nitrogen and oxygen atoms in total. The Morgan fingerprint density at radius 2 is 1.71 bits per heavy atom. The van der Waals surface area contributed by atoms with Gasteiger partial charge in [0, 0.05) is 23.0 Å². The largest absolute Gasteiger partial charge is 0.322 e. The molecule has 3 amide bonds. The Labute approximate surface area is 216 Å². The quantitative estimate of drug-likeness (QED) is 0.368. The summed E-state index contributed by atoms with van der Waals surface area (Å²) in [6.45, 7) is 10.4. The molecule has 0 radical (unpaired) electrons. The zero-order valence-corrected chi connectivity index (χ0v) is 22.2. The van der Waals surface area contributed by atoms with Crippen molar-refractivity contribution in [3.05, 3.63) is 69.8 Å². The van der Waals surface area contributed by atoms with E-state index in [1.807, 2.05) is 44.2 Å². The second-order valence-electron chi connectivity index (χ2n) is 9.44. The lowest BCUT2D eigenvalue weighted by Crippen LogP contribution is -2.41. The van der Waals surface area contributed by atoms with E-state index in [9.17, 15) is 9.59 Å². The zero-order valence-electron chi connectivity index (χ0n) is 20.7. The van der Waals surface area contributed by atoms with Crippen LogP contribution >= 0.6 is 23.2 Å². The number of rotatable bonds is 7. The predicted molar refractivity (Wildman–Crippen MR) is 143 cm³/mol. The number of carbonyl (C=O) groups excluding carboxylic acids is 2. The van der Waals surface area contributed by atoms with Crippen LogP contribution in [-0.2, 0) is 10.2 Å². The van der Waals surface area contributed by atoms with Gasteiger partial charge in [-0.2, -0.15) is 5.10 Å². The van der Waals surface area contributed by atoms with E-state index < -0.39 is 6.03 Å². The van der Waals surface area contributed by atoms with E-state index >= 15 is 0 Å². The second kappa shape index (κ2) is 11.1. The normalized spacial score (nSPS) is 11.3. The maximum atomic E-state index is 13.0. The Hall–Kier alpha value is -3.03. The first-order valence-corrected chi connectivity index (χ1v) is 12.2. The monoisotopic (exact) mass is 515 g/mol. The number of aromatic nitrogens is 2. The number of hydrogen-bond donors (Lipinski definition) is 2. The summed E-state index contributed by atoms with van der Waals surface area (Å²) in [5, 5.41) is 11.2. The Kier molecular flexibility index (Phi) is 8.46. The number of benzene rings is 2. The van der Waals surface area contributed by atoms with Gasteiger partial charge in [-0.1, -0.05) is 68.6 Å². The van der Waals surface area contributed by atoms with Crippen molar-refractivity contribution in [1.29, 1.82) is 0 Å². The lowest BCUT2D eigenvalue weighted by Gasteiger charge is -2.22. The summed E-state index contributed by atoms with van der Waals surface area (Å²) in [5.74, 6) is 0.214. The van der Waals surface area contributed by atoms with Crippen LogP contribution in [0.25, 0.3) is 5.69 Å². The van der Waals surface area contributed by atoms with Crippen LogP contribution in [0.15, 0.2) is 48.5 Å². The molecule has 9 heteroatoms. The van der Waals surface area contributed by atoms with Crippen LogP contribution in [0, 0.1) is 6.92 Å². The van der Waals surface area contributed by atoms with Crippen molar-refractivity contribution in [3.8, 4) is 5.69 Å². The fourth-order valence-corrected chi connectivity index (χ4v) is 3.84. The Bertz CT molecular complexity index is 1200. The van der Waals surface area contributed by atoms with Crippen LogP contribution in [-0.4, -0.2) is 39.7 Å². The summed E-state index contributed by atoms with van der Waals surface area (Å²) in [4.78, 5) is 27.4. The molecule has 3 rings (SSSR count). The van der Waals surface area contributed by atoms with Crippen molar-refractivity contribution < 1.29 is 9.59 Å². The van der Waals surface area contributed by atoms with E-state index in [2.05, 4.69) is 31.4 Å². The molecule has 0 aliphatic carbocycles. The van der Waals surface area contributed by atoms with E-state index in [1.165, 1.54) is 4.90 Å². The fourth-order valence-electron chi connectivity index (χ4n) is 3.38. The molecule has 0 spiro atoms. The topological polar surface area (TPSA) is 79.3 Å². The first kappa shape index (κ1) is 26.6. The molecule has 0 aliphatic rings. The maximum absolute atomic E-state index is 13.0. The standard InChI is InChI=1S/C26H31Cl2N5O2/c1-6-13-32(25(35)29-21-12-9-18(27)14-20(21)28)16-24(34)30-23-15-22(26(3,4)5)31-33(23)19-10-7-17(2)8-11-19/h7-12,14-15H,6,13,16H2,1-5H3,(H,29,35)(H,30,34). The maximum Gasteiger partial charge on any atom is 0.322 e. The third-order valence-electron chi connectivity index (χ3n) is 5.31. The summed E-state index contributed by atoms with van der Waals surface area (Å²) >= 11 is 12.1. The average Bonchev–Trinajstić information content (AvgIpc) is 3.20. The summed E-state index contributed by atoms with van der Waals surface area (Å²) < 4.78 is 1.72. The van der Waals surface area contributed by atoms with Crippen LogP contribution < -0.4 is 10.6 Å². The van der Waals surface area contributed by atoms with E-state index in [0.29, 0.717) is 34.5 Å². The smallest absolute Gasteiger partial charge is 0.315 e. The fraction of sp³-hybridized carbons (Fsp3) is 0.346. The van der Waals surface area contributed by atoms with Gasteiger partial charge in [0.05, 0.1) is 22.1 Å². The van der Waals surface area contributed by atoms with Gasteiger partial charge in [0.2, 0.25) is 5.91 Å². The molecule has 2 aromatic carbocycles. The molecule has 1 aromatic heterocycles. The van der Waals surface area contributed by atoms with Gasteiger partial charge < -0.3 is 15.5 Å². The third kappa shape index (κ3) is 6.99. The third-order valence-corrected chi connectivity index (χ3v) is 5.86. The van der Waals surface area contributed by atoms with Gasteiger partial charge in [-0.15, -0.1) is 0 Å². The summed E-state index contributed by atoms with van der Waals surface area (Å²) in [6, 6.07) is 14.2. The first-order chi connectivity index (χ1) is 16.5. The van der Waals surface area contributed by atoms with Gasteiger partial charge in [-0.25, -0.2) is 9.48 Å². The number of nitrogens with zero attached hydrogens (tertiary/aromatic N) is 3. The lowest BCUT2D eigenvalue weighted by molar-refractivity contribution is -0.116. The van der Waals surface area contributed by atoms with Crippen LogP contribution in [0.3, 0.4) is 0 Å². The number of carbonyl (C=O) groups is 2. The van der Waals surface area contributed by atoms with Crippen LogP contribution in [0.4, 0.5) is 16.3 Å². The van der Waals surface area contributed by atoms with Crippen LogP contribution in [0.1, 0.15) is 45.4 Å². The number of urea groups is 1. The van der Waals surface area contributed by atoms with Gasteiger partial charge in [-0.05, 0) is 43.7 Å². The Balaban J connectivity index is 1.80. The molecule has 0 atom stereocenters. The van der Waals surface area contributed by atoms with Crippen molar-refractivity contribution in [3.63, 3.8) is 0 Å². The number of anilines is 2. The van der Waals surface area contributed by atoms with E-state index in [4.69, 9.17) is 28.3 Å². The predicted octanol–water partition coefficient (Wildman–Crippen LogP) is 6.67. The second-order valence-corrected chi connectivity index (χ2v) is 10.3. The molecule has 0 saturated heterocycles. The van der Waals surface area contributed by atoms with Gasteiger partial charge in [0.1, 0.15) is 12.4 Å². The lowest BCUT2D eigenvalue weighted by atomic mass is 9.92. The molecule has 2 N–H and O–H groups in total. The van der Waals surface area contributed by atoms with Crippen molar-refractivity contribution >= 4 is 46.6 Å². The van der Waals surface area contributed by atoms with E-state index in [1.54, 1.807) is 22.9 Å². The van der Waals surface area contributed by atoms with Crippen molar-refractivity contribution in [1.82, 2.24) is 14.7 Å². The van der Waals surface area contributed by atoms with Gasteiger partial charge in [0.25, 0.3) is 0 Å². The summed E-state index contributed by atoms with van der Waals surface area (Å²) in [5.41, 5.74) is 3.02. The minimum absolute atomic E-state index is 0.130. The molecule has 0 aliphatic heterocycles. The highest BCUT2D eigenvalue weighted by atomic mass is 35.5. The molecule has 0 unspecified atom stereocenters. The highest BCUT2D eigenvalue weighted by molar-refractivity contribution is 6.36. The van der Waals surface area contributed by atoms with Gasteiger partial charge in [-0.3, -0.25) is 4.79 Å². The Morgan fingerprint density at radius 3 is 2.31 bits per heavy atom. The van der Waals surface area contributed by atoms with Crippen LogP contribution in [0.2, 0.25) is 10.0 Å². The molecule has 35 heavy (non-hydrogen) atoms. The average molecular weight is 516 g/mol. The van der Waals surface area contributed by atoms with Crippen molar-refractivity contribution in [2.24, 2.45) is 0 Å². The van der Waals surface area contributed by atoms with Gasteiger partial charge in [0.15, 0.2) is 0 Å². The van der Waals surface area contributed by atoms with Crippen molar-refractivity contribution in [2.45, 2.75) is 46.5 Å². The van der Waals surface area contributed by atoms with Crippen LogP contribution in [0.5, 0.6) is 0 Å². The molecule has 0 saturated carbocycles. The SMILES string of the molecule is CCCN(CC(=O)Nc1cc(C(C)(C)C)nn1-c1ccc(C)cc1)C(=O)Nc1ccc(Cl)cc1Cl.